The van der Waals surface area contributed by atoms with Crippen LogP contribution in [0.1, 0.15) is 26.4 Å². The monoisotopic (exact) mass is 352 g/mol. The number of carbonyl (C=O) groups is 1. The molecule has 124 valence electrons. The predicted octanol–water partition coefficient (Wildman–Crippen LogP) is 3.18. The van der Waals surface area contributed by atoms with Crippen LogP contribution in [-0.2, 0) is 10.0 Å². The Kier molecular flexibility index (Phi) is 4.93. The lowest BCUT2D eigenvalue weighted by atomic mass is 10.1. The SMILES string of the molecule is Cc1cc(C)c(NC(=O)c2cc(S(=O)(=O)N(C)C)cs2)c(C)c1. The number of benzene rings is 1. The number of amides is 1. The van der Waals surface area contributed by atoms with Gasteiger partial charge in [0.15, 0.2) is 0 Å². The zero-order valence-electron chi connectivity index (χ0n) is 13.8. The van der Waals surface area contributed by atoms with Gasteiger partial charge in [-0.25, -0.2) is 12.7 Å². The number of thiophene rings is 1. The number of hydrogen-bond acceptors (Lipinski definition) is 4. The molecule has 0 bridgehead atoms. The predicted molar refractivity (Wildman–Crippen MR) is 93.8 cm³/mol. The van der Waals surface area contributed by atoms with Gasteiger partial charge in [-0.15, -0.1) is 11.3 Å². The van der Waals surface area contributed by atoms with E-state index in [0.29, 0.717) is 4.88 Å². The molecule has 0 unspecified atom stereocenters. The van der Waals surface area contributed by atoms with E-state index in [1.165, 1.54) is 25.5 Å². The zero-order chi connectivity index (χ0) is 17.4. The fourth-order valence-corrected chi connectivity index (χ4v) is 4.39. The molecule has 1 aromatic carbocycles. The molecule has 0 aliphatic carbocycles. The van der Waals surface area contributed by atoms with Crippen molar-refractivity contribution in [1.29, 1.82) is 0 Å². The van der Waals surface area contributed by atoms with Crippen LogP contribution in [0.25, 0.3) is 0 Å². The smallest absolute Gasteiger partial charge is 0.265 e. The van der Waals surface area contributed by atoms with E-state index < -0.39 is 10.0 Å². The third-order valence-corrected chi connectivity index (χ3v) is 6.36. The molecule has 0 aliphatic heterocycles. The van der Waals surface area contributed by atoms with Crippen molar-refractivity contribution in [3.05, 3.63) is 45.1 Å². The van der Waals surface area contributed by atoms with E-state index in [1.807, 2.05) is 32.9 Å². The maximum absolute atomic E-state index is 12.4. The van der Waals surface area contributed by atoms with Gasteiger partial charge in [0.25, 0.3) is 5.91 Å². The third-order valence-electron chi connectivity index (χ3n) is 3.49. The topological polar surface area (TPSA) is 66.5 Å². The van der Waals surface area contributed by atoms with Gasteiger partial charge in [-0.3, -0.25) is 4.79 Å². The largest absolute Gasteiger partial charge is 0.321 e. The van der Waals surface area contributed by atoms with Crippen LogP contribution in [0, 0.1) is 20.8 Å². The number of hydrogen-bond donors (Lipinski definition) is 1. The van der Waals surface area contributed by atoms with Crippen molar-refractivity contribution in [1.82, 2.24) is 4.31 Å². The molecule has 0 spiro atoms. The summed E-state index contributed by atoms with van der Waals surface area (Å²) in [4.78, 5) is 12.9. The van der Waals surface area contributed by atoms with Crippen LogP contribution in [0.2, 0.25) is 0 Å². The molecule has 1 heterocycles. The van der Waals surface area contributed by atoms with Crippen molar-refractivity contribution in [3.8, 4) is 0 Å². The van der Waals surface area contributed by atoms with E-state index >= 15 is 0 Å². The van der Waals surface area contributed by atoms with Crippen LogP contribution >= 0.6 is 11.3 Å². The van der Waals surface area contributed by atoms with Gasteiger partial charge in [-0.2, -0.15) is 0 Å². The lowest BCUT2D eigenvalue weighted by molar-refractivity contribution is 0.103. The molecular formula is C16H20N2O3S2. The number of carbonyl (C=O) groups excluding carboxylic acids is 1. The molecule has 1 amide bonds. The molecule has 5 nitrogen and oxygen atoms in total. The quantitative estimate of drug-likeness (QED) is 0.919. The van der Waals surface area contributed by atoms with Crippen molar-refractivity contribution in [2.24, 2.45) is 0 Å². The molecule has 0 saturated carbocycles. The Morgan fingerprint density at radius 2 is 1.65 bits per heavy atom. The Balaban J connectivity index is 2.29. The van der Waals surface area contributed by atoms with Gasteiger partial charge in [0.2, 0.25) is 10.0 Å². The van der Waals surface area contributed by atoms with Gasteiger partial charge >= 0.3 is 0 Å². The Morgan fingerprint density at radius 3 is 2.17 bits per heavy atom. The average molecular weight is 352 g/mol. The van der Waals surface area contributed by atoms with E-state index in [0.717, 1.165) is 38.0 Å². The number of rotatable bonds is 4. The maximum atomic E-state index is 12.4. The molecule has 1 aromatic heterocycles. The summed E-state index contributed by atoms with van der Waals surface area (Å²) < 4.78 is 25.3. The Morgan fingerprint density at radius 1 is 1.09 bits per heavy atom. The lowest BCUT2D eigenvalue weighted by Crippen LogP contribution is -2.21. The molecule has 0 radical (unpaired) electrons. The van der Waals surface area contributed by atoms with E-state index in [-0.39, 0.29) is 10.8 Å². The summed E-state index contributed by atoms with van der Waals surface area (Å²) in [7, 11) is -0.593. The molecule has 7 heteroatoms. The van der Waals surface area contributed by atoms with Crippen molar-refractivity contribution in [2.45, 2.75) is 25.7 Å². The highest BCUT2D eigenvalue weighted by Crippen LogP contribution is 2.25. The first-order valence-electron chi connectivity index (χ1n) is 7.03. The molecule has 23 heavy (non-hydrogen) atoms. The zero-order valence-corrected chi connectivity index (χ0v) is 15.4. The fraction of sp³-hybridized carbons (Fsp3) is 0.312. The minimum Gasteiger partial charge on any atom is -0.321 e. The second-order valence-electron chi connectivity index (χ2n) is 5.66. The molecule has 2 aromatic rings. The van der Waals surface area contributed by atoms with Gasteiger partial charge in [-0.1, -0.05) is 17.7 Å². The van der Waals surface area contributed by atoms with Crippen molar-refractivity contribution in [2.75, 3.05) is 19.4 Å². The van der Waals surface area contributed by atoms with Gasteiger partial charge in [0.1, 0.15) is 0 Å². The van der Waals surface area contributed by atoms with E-state index in [4.69, 9.17) is 0 Å². The number of nitrogens with zero attached hydrogens (tertiary/aromatic N) is 1. The van der Waals surface area contributed by atoms with Crippen LogP contribution in [0.15, 0.2) is 28.5 Å². The van der Waals surface area contributed by atoms with Crippen LogP contribution < -0.4 is 5.32 Å². The highest BCUT2D eigenvalue weighted by Gasteiger charge is 2.21. The van der Waals surface area contributed by atoms with Gasteiger partial charge in [0, 0.05) is 25.2 Å². The van der Waals surface area contributed by atoms with Crippen LogP contribution in [-0.4, -0.2) is 32.7 Å². The van der Waals surface area contributed by atoms with Crippen molar-refractivity contribution in [3.63, 3.8) is 0 Å². The highest BCUT2D eigenvalue weighted by molar-refractivity contribution is 7.89. The Labute approximate surface area is 141 Å². The number of aryl methyl sites for hydroxylation is 3. The fourth-order valence-electron chi connectivity index (χ4n) is 2.34. The van der Waals surface area contributed by atoms with E-state index in [9.17, 15) is 13.2 Å². The molecule has 2 rings (SSSR count). The number of sulfonamides is 1. The molecule has 0 fully saturated rings. The second kappa shape index (κ2) is 6.43. The molecular weight excluding hydrogens is 332 g/mol. The summed E-state index contributed by atoms with van der Waals surface area (Å²) >= 11 is 1.12. The summed E-state index contributed by atoms with van der Waals surface area (Å²) in [6.45, 7) is 5.88. The number of anilines is 1. The third kappa shape index (κ3) is 3.63. The average Bonchev–Trinajstić information content (AvgIpc) is 2.92. The lowest BCUT2D eigenvalue weighted by Gasteiger charge is -2.12. The van der Waals surface area contributed by atoms with Crippen molar-refractivity contribution >= 4 is 33.0 Å². The standard InChI is InChI=1S/C16H20N2O3S2/c1-10-6-11(2)15(12(3)7-10)17-16(19)14-8-13(9-22-14)23(20,21)18(4)5/h6-9H,1-5H3,(H,17,19). The van der Waals surface area contributed by atoms with Gasteiger partial charge in [0.05, 0.1) is 9.77 Å². The Bertz CT molecular complexity index is 829. The minimum atomic E-state index is -3.52. The van der Waals surface area contributed by atoms with Gasteiger partial charge in [-0.05, 0) is 38.0 Å². The van der Waals surface area contributed by atoms with Crippen LogP contribution in [0.3, 0.4) is 0 Å². The first-order chi connectivity index (χ1) is 10.6. The van der Waals surface area contributed by atoms with E-state index in [2.05, 4.69) is 5.32 Å². The number of nitrogens with one attached hydrogen (secondary N) is 1. The van der Waals surface area contributed by atoms with Crippen LogP contribution in [0.5, 0.6) is 0 Å². The Hall–Kier alpha value is -1.70. The second-order valence-corrected chi connectivity index (χ2v) is 8.72. The first-order valence-corrected chi connectivity index (χ1v) is 9.35. The first kappa shape index (κ1) is 17.7. The minimum absolute atomic E-state index is 0.134. The van der Waals surface area contributed by atoms with Crippen LogP contribution in [0.4, 0.5) is 5.69 Å². The normalized spacial score (nSPS) is 11.7. The maximum Gasteiger partial charge on any atom is 0.265 e. The summed E-state index contributed by atoms with van der Waals surface area (Å²) in [5.74, 6) is -0.301. The molecule has 0 saturated heterocycles. The van der Waals surface area contributed by atoms with Gasteiger partial charge < -0.3 is 5.32 Å². The summed E-state index contributed by atoms with van der Waals surface area (Å²) in [6.07, 6.45) is 0. The molecule has 1 N–H and O–H groups in total. The van der Waals surface area contributed by atoms with Crippen molar-refractivity contribution < 1.29 is 13.2 Å². The molecule has 0 atom stereocenters. The summed E-state index contributed by atoms with van der Waals surface area (Å²) in [6, 6.07) is 5.41. The van der Waals surface area contributed by atoms with E-state index in [1.54, 1.807) is 0 Å². The molecule has 0 aliphatic rings. The summed E-state index contributed by atoms with van der Waals surface area (Å²) in [5.41, 5.74) is 3.86. The summed E-state index contributed by atoms with van der Waals surface area (Å²) in [5, 5.41) is 4.36. The highest BCUT2D eigenvalue weighted by atomic mass is 32.2.